The van der Waals surface area contributed by atoms with E-state index in [0.29, 0.717) is 28.8 Å². The SMILES string of the molecule is COc1c(-c2cc(F)c3nn(C4CCNCC4)cc3c2)cc2oc(C)nc2c1C. The fraction of sp³-hybridized carbons (Fsp3) is 0.364. The largest absolute Gasteiger partial charge is 0.496 e. The van der Waals surface area contributed by atoms with Crippen molar-refractivity contribution in [2.24, 2.45) is 0 Å². The molecule has 150 valence electrons. The molecule has 1 aliphatic rings. The number of aryl methyl sites for hydroxylation is 2. The second-order valence-corrected chi connectivity index (χ2v) is 7.65. The van der Waals surface area contributed by atoms with Crippen LogP contribution in [0.25, 0.3) is 33.1 Å². The third-order valence-corrected chi connectivity index (χ3v) is 5.75. The molecule has 0 bridgehead atoms. The first kappa shape index (κ1) is 18.1. The van der Waals surface area contributed by atoms with E-state index in [-0.39, 0.29) is 5.82 Å². The number of rotatable bonds is 3. The fourth-order valence-corrected chi connectivity index (χ4v) is 4.32. The molecule has 1 fully saturated rings. The number of piperidine rings is 1. The van der Waals surface area contributed by atoms with Crippen molar-refractivity contribution in [3.63, 3.8) is 0 Å². The zero-order valence-electron chi connectivity index (χ0n) is 16.8. The smallest absolute Gasteiger partial charge is 0.192 e. The molecule has 6 nitrogen and oxygen atoms in total. The summed E-state index contributed by atoms with van der Waals surface area (Å²) in [5.41, 5.74) is 4.23. The lowest BCUT2D eigenvalue weighted by Gasteiger charge is -2.22. The Morgan fingerprint density at radius 2 is 1.97 bits per heavy atom. The number of hydrogen-bond acceptors (Lipinski definition) is 5. The van der Waals surface area contributed by atoms with Crippen LogP contribution in [0.4, 0.5) is 4.39 Å². The number of benzene rings is 2. The van der Waals surface area contributed by atoms with Gasteiger partial charge in [-0.1, -0.05) is 0 Å². The predicted molar refractivity (Wildman–Crippen MR) is 110 cm³/mol. The van der Waals surface area contributed by atoms with Crippen LogP contribution >= 0.6 is 0 Å². The van der Waals surface area contributed by atoms with Gasteiger partial charge in [0.2, 0.25) is 0 Å². The van der Waals surface area contributed by atoms with Gasteiger partial charge in [0.15, 0.2) is 17.3 Å². The van der Waals surface area contributed by atoms with E-state index in [2.05, 4.69) is 15.4 Å². The van der Waals surface area contributed by atoms with Crippen LogP contribution in [0, 0.1) is 19.7 Å². The summed E-state index contributed by atoms with van der Waals surface area (Å²) in [4.78, 5) is 4.44. The van der Waals surface area contributed by atoms with Crippen molar-refractivity contribution in [1.29, 1.82) is 0 Å². The molecule has 0 atom stereocenters. The van der Waals surface area contributed by atoms with Crippen molar-refractivity contribution in [1.82, 2.24) is 20.1 Å². The molecule has 0 saturated carbocycles. The molecular weight excluding hydrogens is 371 g/mol. The van der Waals surface area contributed by atoms with Gasteiger partial charge >= 0.3 is 0 Å². The molecule has 2 aromatic heterocycles. The average Bonchev–Trinajstić information content (AvgIpc) is 3.32. The zero-order chi connectivity index (χ0) is 20.1. The van der Waals surface area contributed by atoms with Gasteiger partial charge in [-0.15, -0.1) is 0 Å². The lowest BCUT2D eigenvalue weighted by Crippen LogP contribution is -2.29. The van der Waals surface area contributed by atoms with Crippen molar-refractivity contribution in [2.45, 2.75) is 32.7 Å². The van der Waals surface area contributed by atoms with Crippen LogP contribution in [0.15, 0.2) is 28.8 Å². The number of nitrogens with one attached hydrogen (secondary N) is 1. The Balaban J connectivity index is 1.67. The summed E-state index contributed by atoms with van der Waals surface area (Å²) in [6, 6.07) is 5.67. The van der Waals surface area contributed by atoms with Crippen LogP contribution in [-0.4, -0.2) is 35.0 Å². The second-order valence-electron chi connectivity index (χ2n) is 7.65. The monoisotopic (exact) mass is 394 g/mol. The summed E-state index contributed by atoms with van der Waals surface area (Å²) in [6.07, 6.45) is 3.95. The van der Waals surface area contributed by atoms with Crippen molar-refractivity contribution < 1.29 is 13.5 Å². The summed E-state index contributed by atoms with van der Waals surface area (Å²) in [7, 11) is 1.62. The normalized spacial score (nSPS) is 15.4. The molecule has 29 heavy (non-hydrogen) atoms. The zero-order valence-corrected chi connectivity index (χ0v) is 16.8. The van der Waals surface area contributed by atoms with Crippen LogP contribution in [0.3, 0.4) is 0 Å². The molecular formula is C22H23FN4O2. The standard InChI is InChI=1S/C22H23FN4O2/c1-12-20-19(29-13(2)25-20)10-17(22(12)28-3)14-8-15-11-27(16-4-6-24-7-5-16)26-21(15)18(23)9-14/h8-11,16,24H,4-7H2,1-3H3. The molecule has 0 unspecified atom stereocenters. The average molecular weight is 394 g/mol. The van der Waals surface area contributed by atoms with E-state index in [0.717, 1.165) is 53.5 Å². The molecule has 4 aromatic rings. The van der Waals surface area contributed by atoms with E-state index in [1.54, 1.807) is 7.11 Å². The van der Waals surface area contributed by atoms with Crippen molar-refractivity contribution in [3.05, 3.63) is 41.7 Å². The second kappa shape index (κ2) is 6.84. The Labute approximate surface area is 167 Å². The molecule has 1 aliphatic heterocycles. The quantitative estimate of drug-likeness (QED) is 0.553. The van der Waals surface area contributed by atoms with E-state index in [9.17, 15) is 0 Å². The number of halogens is 1. The first-order valence-corrected chi connectivity index (χ1v) is 9.89. The highest BCUT2D eigenvalue weighted by Crippen LogP contribution is 2.39. The van der Waals surface area contributed by atoms with Gasteiger partial charge in [0, 0.05) is 29.6 Å². The van der Waals surface area contributed by atoms with Gasteiger partial charge in [-0.05, 0) is 56.6 Å². The molecule has 7 heteroatoms. The maximum atomic E-state index is 15.0. The predicted octanol–water partition coefficient (Wildman–Crippen LogP) is 4.53. The highest BCUT2D eigenvalue weighted by Gasteiger charge is 2.21. The van der Waals surface area contributed by atoms with Crippen molar-refractivity contribution in [2.75, 3.05) is 20.2 Å². The number of nitrogens with zero attached hydrogens (tertiary/aromatic N) is 3. The van der Waals surface area contributed by atoms with Crippen LogP contribution in [0.1, 0.15) is 30.3 Å². The fourth-order valence-electron chi connectivity index (χ4n) is 4.32. The highest BCUT2D eigenvalue weighted by molar-refractivity contribution is 5.92. The Kier molecular flexibility index (Phi) is 4.28. The summed E-state index contributed by atoms with van der Waals surface area (Å²) < 4.78 is 28.3. The molecule has 0 radical (unpaired) electrons. The van der Waals surface area contributed by atoms with Gasteiger partial charge in [-0.3, -0.25) is 4.68 Å². The Morgan fingerprint density at radius 3 is 2.72 bits per heavy atom. The lowest BCUT2D eigenvalue weighted by atomic mass is 9.99. The summed E-state index contributed by atoms with van der Waals surface area (Å²) >= 11 is 0. The van der Waals surface area contributed by atoms with E-state index in [1.165, 1.54) is 6.07 Å². The third kappa shape index (κ3) is 2.97. The molecule has 5 rings (SSSR count). The Bertz CT molecular complexity index is 1220. The highest BCUT2D eigenvalue weighted by atomic mass is 19.1. The third-order valence-electron chi connectivity index (χ3n) is 5.75. The molecule has 1 saturated heterocycles. The topological polar surface area (TPSA) is 65.1 Å². The minimum Gasteiger partial charge on any atom is -0.496 e. The first-order chi connectivity index (χ1) is 14.0. The van der Waals surface area contributed by atoms with Gasteiger partial charge < -0.3 is 14.5 Å². The number of aromatic nitrogens is 3. The molecule has 0 amide bonds. The van der Waals surface area contributed by atoms with Crippen LogP contribution < -0.4 is 10.1 Å². The number of ether oxygens (including phenoxy) is 1. The minimum atomic E-state index is -0.335. The summed E-state index contributed by atoms with van der Waals surface area (Å²) in [6.45, 7) is 5.67. The summed E-state index contributed by atoms with van der Waals surface area (Å²) in [5, 5.41) is 8.67. The maximum Gasteiger partial charge on any atom is 0.192 e. The number of oxazole rings is 1. The van der Waals surface area contributed by atoms with Crippen molar-refractivity contribution >= 4 is 22.0 Å². The minimum absolute atomic E-state index is 0.303. The molecule has 1 N–H and O–H groups in total. The van der Waals surface area contributed by atoms with E-state index in [4.69, 9.17) is 9.15 Å². The Hall–Kier alpha value is -2.93. The lowest BCUT2D eigenvalue weighted by molar-refractivity contribution is 0.344. The Morgan fingerprint density at radius 1 is 1.17 bits per heavy atom. The van der Waals surface area contributed by atoms with Gasteiger partial charge in [0.05, 0.1) is 13.2 Å². The van der Waals surface area contributed by atoms with Crippen LogP contribution in [0.2, 0.25) is 0 Å². The molecule has 3 heterocycles. The van der Waals surface area contributed by atoms with Gasteiger partial charge in [0.25, 0.3) is 0 Å². The number of methoxy groups -OCH3 is 1. The molecule has 2 aromatic carbocycles. The maximum absolute atomic E-state index is 15.0. The van der Waals surface area contributed by atoms with Gasteiger partial charge in [-0.2, -0.15) is 5.10 Å². The number of fused-ring (bicyclic) bond motifs is 2. The van der Waals surface area contributed by atoms with Crippen LogP contribution in [0.5, 0.6) is 5.75 Å². The summed E-state index contributed by atoms with van der Waals surface area (Å²) in [5.74, 6) is 0.932. The first-order valence-electron chi connectivity index (χ1n) is 9.89. The van der Waals surface area contributed by atoms with E-state index < -0.39 is 0 Å². The van der Waals surface area contributed by atoms with Crippen LogP contribution in [-0.2, 0) is 0 Å². The van der Waals surface area contributed by atoms with Crippen molar-refractivity contribution in [3.8, 4) is 16.9 Å². The van der Waals surface area contributed by atoms with Gasteiger partial charge in [0.1, 0.15) is 16.8 Å². The molecule has 0 spiro atoms. The van der Waals surface area contributed by atoms with E-state index >= 15 is 4.39 Å². The molecule has 0 aliphatic carbocycles. The van der Waals surface area contributed by atoms with E-state index in [1.807, 2.05) is 36.9 Å². The van der Waals surface area contributed by atoms with Gasteiger partial charge in [-0.25, -0.2) is 9.37 Å². The number of hydrogen-bond donors (Lipinski definition) is 1.